The number of nitrogens with one attached hydrogen (secondary N) is 1. The second-order valence-electron chi connectivity index (χ2n) is 7.21. The van der Waals surface area contributed by atoms with Gasteiger partial charge in [0.1, 0.15) is 17.6 Å². The Labute approximate surface area is 175 Å². The third kappa shape index (κ3) is 4.67. The van der Waals surface area contributed by atoms with Crippen molar-refractivity contribution in [3.8, 4) is 11.5 Å². The van der Waals surface area contributed by atoms with E-state index in [2.05, 4.69) is 42.6 Å². The van der Waals surface area contributed by atoms with Crippen molar-refractivity contribution in [2.75, 3.05) is 12.4 Å². The average molecular weight is 408 g/mol. The van der Waals surface area contributed by atoms with Gasteiger partial charge >= 0.3 is 0 Å². The Morgan fingerprint density at radius 2 is 2.00 bits per heavy atom. The van der Waals surface area contributed by atoms with Crippen molar-refractivity contribution >= 4 is 28.4 Å². The van der Waals surface area contributed by atoms with E-state index < -0.39 is 0 Å². The monoisotopic (exact) mass is 407 g/mol. The molecule has 0 aliphatic carbocycles. The Morgan fingerprint density at radius 1 is 1.17 bits per heavy atom. The first-order valence-corrected chi connectivity index (χ1v) is 10.9. The summed E-state index contributed by atoms with van der Waals surface area (Å²) in [6.45, 7) is 5.05. The molecule has 1 N–H and O–H groups in total. The maximum absolute atomic E-state index is 12.4. The summed E-state index contributed by atoms with van der Waals surface area (Å²) >= 11 is 1.55. The lowest BCUT2D eigenvalue weighted by Crippen LogP contribution is -2.24. The predicted molar refractivity (Wildman–Crippen MR) is 118 cm³/mol. The lowest BCUT2D eigenvalue weighted by molar-refractivity contribution is -0.118. The van der Waals surface area contributed by atoms with E-state index in [4.69, 9.17) is 9.47 Å². The number of benzene rings is 3. The second-order valence-corrected chi connectivity index (χ2v) is 8.26. The first kappa shape index (κ1) is 19.6. The molecular formula is C24H25NO3S. The number of fused-ring (bicyclic) bond motifs is 2. The van der Waals surface area contributed by atoms with Crippen LogP contribution in [0, 0.1) is 0 Å². The molecule has 0 radical (unpaired) electrons. The van der Waals surface area contributed by atoms with Crippen molar-refractivity contribution in [1.29, 1.82) is 0 Å². The van der Waals surface area contributed by atoms with Crippen LogP contribution in [0.3, 0.4) is 0 Å². The molecule has 3 aromatic carbocycles. The molecule has 1 aliphatic heterocycles. The van der Waals surface area contributed by atoms with Gasteiger partial charge in [0, 0.05) is 29.0 Å². The number of ether oxygens (including phenoxy) is 2. The summed E-state index contributed by atoms with van der Waals surface area (Å²) in [7, 11) is 0. The minimum atomic E-state index is 0.000363. The van der Waals surface area contributed by atoms with Gasteiger partial charge in [-0.05, 0) is 48.9 Å². The third-order valence-corrected chi connectivity index (χ3v) is 5.94. The van der Waals surface area contributed by atoms with E-state index in [0.717, 1.165) is 28.4 Å². The van der Waals surface area contributed by atoms with Gasteiger partial charge in [0.25, 0.3) is 0 Å². The summed E-state index contributed by atoms with van der Waals surface area (Å²) < 4.78 is 11.6. The van der Waals surface area contributed by atoms with E-state index in [-0.39, 0.29) is 12.0 Å². The Balaban J connectivity index is 1.37. The van der Waals surface area contributed by atoms with E-state index in [9.17, 15) is 4.79 Å². The lowest BCUT2D eigenvalue weighted by Gasteiger charge is -2.13. The molecule has 1 atom stereocenters. The van der Waals surface area contributed by atoms with Gasteiger partial charge < -0.3 is 14.8 Å². The van der Waals surface area contributed by atoms with Crippen LogP contribution in [0.2, 0.25) is 0 Å². The topological polar surface area (TPSA) is 47.6 Å². The molecular weight excluding hydrogens is 382 g/mol. The summed E-state index contributed by atoms with van der Waals surface area (Å²) in [5.74, 6) is 2.10. The van der Waals surface area contributed by atoms with Crippen LogP contribution in [-0.2, 0) is 17.8 Å². The van der Waals surface area contributed by atoms with Crippen LogP contribution in [0.5, 0.6) is 11.5 Å². The zero-order valence-corrected chi connectivity index (χ0v) is 17.6. The standard InChI is InChI=1S/C24H25NO3S/c1-3-27-22-12-19-10-16(2)28-23(19)13-20(22)14-25-24(26)15-29-21-9-8-17-6-4-5-7-18(17)11-21/h4-9,11-13,16H,3,10,14-15H2,1-2H3,(H,25,26). The normalized spacial score (nSPS) is 15.0. The molecule has 0 bridgehead atoms. The first-order chi connectivity index (χ1) is 14.1. The molecule has 3 aromatic rings. The fourth-order valence-corrected chi connectivity index (χ4v) is 4.33. The van der Waals surface area contributed by atoms with Crippen molar-refractivity contribution in [2.45, 2.75) is 37.8 Å². The number of hydrogen-bond donors (Lipinski definition) is 1. The number of amides is 1. The van der Waals surface area contributed by atoms with E-state index in [1.165, 1.54) is 16.3 Å². The highest BCUT2D eigenvalue weighted by atomic mass is 32.2. The summed E-state index contributed by atoms with van der Waals surface area (Å²) in [5.41, 5.74) is 2.12. The fraction of sp³-hybridized carbons (Fsp3) is 0.292. The Bertz CT molecular complexity index is 1030. The molecule has 0 saturated heterocycles. The Morgan fingerprint density at radius 3 is 2.83 bits per heavy atom. The molecule has 29 heavy (non-hydrogen) atoms. The minimum Gasteiger partial charge on any atom is -0.494 e. The van der Waals surface area contributed by atoms with E-state index in [1.807, 2.05) is 31.2 Å². The first-order valence-electron chi connectivity index (χ1n) is 9.96. The van der Waals surface area contributed by atoms with Gasteiger partial charge in [-0.1, -0.05) is 30.3 Å². The zero-order valence-electron chi connectivity index (χ0n) is 16.7. The molecule has 0 aromatic heterocycles. The smallest absolute Gasteiger partial charge is 0.230 e. The van der Waals surface area contributed by atoms with Crippen molar-refractivity contribution in [1.82, 2.24) is 5.32 Å². The second kappa shape index (κ2) is 8.78. The summed E-state index contributed by atoms with van der Waals surface area (Å²) in [6, 6.07) is 18.6. The molecule has 0 fully saturated rings. The van der Waals surface area contributed by atoms with Crippen LogP contribution in [0.1, 0.15) is 25.0 Å². The van der Waals surface area contributed by atoms with Gasteiger partial charge in [-0.25, -0.2) is 0 Å². The van der Waals surface area contributed by atoms with Gasteiger partial charge in [-0.3, -0.25) is 4.79 Å². The van der Waals surface area contributed by atoms with Crippen LogP contribution < -0.4 is 14.8 Å². The third-order valence-electron chi connectivity index (χ3n) is 4.95. The molecule has 1 unspecified atom stereocenters. The minimum absolute atomic E-state index is 0.000363. The van der Waals surface area contributed by atoms with Crippen LogP contribution in [0.25, 0.3) is 10.8 Å². The van der Waals surface area contributed by atoms with E-state index in [1.54, 1.807) is 11.8 Å². The summed E-state index contributed by atoms with van der Waals surface area (Å²) in [5, 5.41) is 5.41. The maximum Gasteiger partial charge on any atom is 0.230 e. The highest BCUT2D eigenvalue weighted by Crippen LogP contribution is 2.35. The summed E-state index contributed by atoms with van der Waals surface area (Å²) in [4.78, 5) is 13.5. The Kier molecular flexibility index (Phi) is 5.95. The van der Waals surface area contributed by atoms with Gasteiger partial charge in [-0.15, -0.1) is 11.8 Å². The van der Waals surface area contributed by atoms with Crippen LogP contribution >= 0.6 is 11.8 Å². The average Bonchev–Trinajstić information content (AvgIpc) is 3.09. The van der Waals surface area contributed by atoms with Gasteiger partial charge in [-0.2, -0.15) is 0 Å². The molecule has 4 rings (SSSR count). The van der Waals surface area contributed by atoms with Gasteiger partial charge in [0.2, 0.25) is 5.91 Å². The SMILES string of the molecule is CCOc1cc2c(cc1CNC(=O)CSc1ccc3ccccc3c1)OC(C)C2. The van der Waals surface area contributed by atoms with Crippen LogP contribution in [0.4, 0.5) is 0 Å². The maximum atomic E-state index is 12.4. The number of thioether (sulfide) groups is 1. The van der Waals surface area contributed by atoms with E-state index in [0.29, 0.717) is 18.9 Å². The van der Waals surface area contributed by atoms with Crippen molar-refractivity contribution < 1.29 is 14.3 Å². The largest absolute Gasteiger partial charge is 0.494 e. The van der Waals surface area contributed by atoms with Crippen molar-refractivity contribution in [3.05, 3.63) is 65.7 Å². The van der Waals surface area contributed by atoms with Crippen molar-refractivity contribution in [3.63, 3.8) is 0 Å². The molecule has 150 valence electrons. The van der Waals surface area contributed by atoms with Crippen molar-refractivity contribution in [2.24, 2.45) is 0 Å². The molecule has 4 nitrogen and oxygen atoms in total. The molecule has 5 heteroatoms. The van der Waals surface area contributed by atoms with Gasteiger partial charge in [0.05, 0.1) is 12.4 Å². The molecule has 1 aliphatic rings. The highest BCUT2D eigenvalue weighted by molar-refractivity contribution is 8.00. The quantitative estimate of drug-likeness (QED) is 0.562. The van der Waals surface area contributed by atoms with Gasteiger partial charge in [0.15, 0.2) is 0 Å². The number of carbonyl (C=O) groups excluding carboxylic acids is 1. The number of rotatable bonds is 7. The molecule has 1 amide bonds. The predicted octanol–water partition coefficient (Wildman–Crippen LogP) is 4.97. The number of carbonyl (C=O) groups is 1. The fourth-order valence-electron chi connectivity index (χ4n) is 3.56. The zero-order chi connectivity index (χ0) is 20.2. The summed E-state index contributed by atoms with van der Waals surface area (Å²) in [6.07, 6.45) is 1.08. The molecule has 1 heterocycles. The Hall–Kier alpha value is -2.66. The van der Waals surface area contributed by atoms with E-state index >= 15 is 0 Å². The highest BCUT2D eigenvalue weighted by Gasteiger charge is 2.22. The molecule has 0 spiro atoms. The van der Waals surface area contributed by atoms with Crippen LogP contribution in [-0.4, -0.2) is 24.4 Å². The lowest BCUT2D eigenvalue weighted by atomic mass is 10.1. The van der Waals surface area contributed by atoms with Crippen LogP contribution in [0.15, 0.2) is 59.5 Å². The number of hydrogen-bond acceptors (Lipinski definition) is 4. The molecule has 0 saturated carbocycles.